The summed E-state index contributed by atoms with van der Waals surface area (Å²) in [6.07, 6.45) is 3.35. The first-order valence-corrected chi connectivity index (χ1v) is 6.27. The van der Waals surface area contributed by atoms with Crippen molar-refractivity contribution in [3.63, 3.8) is 0 Å². The van der Waals surface area contributed by atoms with Gasteiger partial charge in [-0.1, -0.05) is 6.42 Å². The summed E-state index contributed by atoms with van der Waals surface area (Å²) in [5.74, 6) is 1.67. The Morgan fingerprint density at radius 1 is 1.18 bits per heavy atom. The molecule has 3 heteroatoms. The lowest BCUT2D eigenvalue weighted by Gasteiger charge is -2.42. The maximum absolute atomic E-state index is 9.65. The standard InChI is InChI=1S/C14H18O3/c1-10-7-12-13(17-6-5-16-12)8-11(10)14(9-15)3-2-4-14/h7-8,15H,2-6,9H2,1H3. The molecule has 17 heavy (non-hydrogen) atoms. The highest BCUT2D eigenvalue weighted by Crippen LogP contribution is 2.47. The molecule has 1 aromatic rings. The van der Waals surface area contributed by atoms with Crippen molar-refractivity contribution < 1.29 is 14.6 Å². The molecule has 0 radical (unpaired) electrons. The summed E-state index contributed by atoms with van der Waals surface area (Å²) in [6.45, 7) is 3.55. The normalized spacial score (nSPS) is 20.8. The van der Waals surface area contributed by atoms with Gasteiger partial charge in [0.1, 0.15) is 13.2 Å². The van der Waals surface area contributed by atoms with E-state index in [2.05, 4.69) is 13.0 Å². The fraction of sp³-hybridized carbons (Fsp3) is 0.571. The zero-order valence-electron chi connectivity index (χ0n) is 10.2. The van der Waals surface area contributed by atoms with Gasteiger partial charge in [-0.3, -0.25) is 0 Å². The zero-order valence-corrected chi connectivity index (χ0v) is 10.2. The predicted molar refractivity (Wildman–Crippen MR) is 64.8 cm³/mol. The van der Waals surface area contributed by atoms with Gasteiger partial charge in [0.05, 0.1) is 6.61 Å². The van der Waals surface area contributed by atoms with Crippen LogP contribution in [0.3, 0.4) is 0 Å². The Morgan fingerprint density at radius 2 is 1.82 bits per heavy atom. The van der Waals surface area contributed by atoms with Crippen molar-refractivity contribution in [1.82, 2.24) is 0 Å². The lowest BCUT2D eigenvalue weighted by atomic mass is 9.64. The van der Waals surface area contributed by atoms with E-state index >= 15 is 0 Å². The van der Waals surface area contributed by atoms with Crippen molar-refractivity contribution >= 4 is 0 Å². The molecule has 3 nitrogen and oxygen atoms in total. The molecule has 0 unspecified atom stereocenters. The highest BCUT2D eigenvalue weighted by atomic mass is 16.6. The molecule has 1 fully saturated rings. The number of hydrogen-bond acceptors (Lipinski definition) is 3. The first kappa shape index (κ1) is 10.9. The predicted octanol–water partition coefficient (Wildman–Crippen LogP) is 2.18. The van der Waals surface area contributed by atoms with E-state index in [4.69, 9.17) is 9.47 Å². The number of ether oxygens (including phenoxy) is 2. The number of aryl methyl sites for hydroxylation is 1. The second-order valence-electron chi connectivity index (χ2n) is 5.10. The summed E-state index contributed by atoms with van der Waals surface area (Å²) in [7, 11) is 0. The Balaban J connectivity index is 2.05. The first-order valence-electron chi connectivity index (χ1n) is 6.27. The molecule has 1 heterocycles. The molecule has 1 N–H and O–H groups in total. The zero-order chi connectivity index (χ0) is 11.9. The number of aliphatic hydroxyl groups is 1. The minimum Gasteiger partial charge on any atom is -0.486 e. The Kier molecular flexibility index (Phi) is 2.51. The second-order valence-corrected chi connectivity index (χ2v) is 5.10. The van der Waals surface area contributed by atoms with Crippen molar-refractivity contribution in [3.8, 4) is 11.5 Å². The number of aliphatic hydroxyl groups excluding tert-OH is 1. The molecule has 1 aliphatic carbocycles. The molecule has 3 rings (SSSR count). The molecule has 0 saturated heterocycles. The maximum atomic E-state index is 9.65. The molecule has 1 saturated carbocycles. The summed E-state index contributed by atoms with van der Waals surface area (Å²) >= 11 is 0. The average Bonchev–Trinajstić information content (AvgIpc) is 2.29. The fourth-order valence-electron chi connectivity index (χ4n) is 2.88. The van der Waals surface area contributed by atoms with Crippen LogP contribution in [0.2, 0.25) is 0 Å². The molecule has 1 aliphatic heterocycles. The summed E-state index contributed by atoms with van der Waals surface area (Å²) in [5.41, 5.74) is 2.40. The van der Waals surface area contributed by atoms with Gasteiger partial charge in [0.15, 0.2) is 11.5 Å². The number of benzene rings is 1. The van der Waals surface area contributed by atoms with Crippen LogP contribution in [0.1, 0.15) is 30.4 Å². The number of hydrogen-bond donors (Lipinski definition) is 1. The number of fused-ring (bicyclic) bond motifs is 1. The van der Waals surface area contributed by atoms with Gasteiger partial charge in [-0.05, 0) is 43.0 Å². The van der Waals surface area contributed by atoms with Gasteiger partial charge < -0.3 is 14.6 Å². The minimum absolute atomic E-state index is 0.0279. The lowest BCUT2D eigenvalue weighted by Crippen LogP contribution is -2.38. The van der Waals surface area contributed by atoms with Gasteiger partial charge in [-0.2, -0.15) is 0 Å². The lowest BCUT2D eigenvalue weighted by molar-refractivity contribution is 0.118. The molecule has 0 bridgehead atoms. The summed E-state index contributed by atoms with van der Waals surface area (Å²) in [5, 5.41) is 9.65. The highest BCUT2D eigenvalue weighted by Gasteiger charge is 2.39. The Labute approximate surface area is 101 Å². The van der Waals surface area contributed by atoms with E-state index in [1.54, 1.807) is 0 Å². The van der Waals surface area contributed by atoms with Crippen molar-refractivity contribution in [1.29, 1.82) is 0 Å². The Bertz CT molecular complexity index is 430. The monoisotopic (exact) mass is 234 g/mol. The summed E-state index contributed by atoms with van der Waals surface area (Å²) in [6, 6.07) is 4.11. The quantitative estimate of drug-likeness (QED) is 0.852. The largest absolute Gasteiger partial charge is 0.486 e. The van der Waals surface area contributed by atoms with E-state index < -0.39 is 0 Å². The highest BCUT2D eigenvalue weighted by molar-refractivity contribution is 5.50. The van der Waals surface area contributed by atoms with Crippen LogP contribution in [0, 0.1) is 6.92 Å². The van der Waals surface area contributed by atoms with Gasteiger partial charge in [0.25, 0.3) is 0 Å². The molecule has 0 amide bonds. The van der Waals surface area contributed by atoms with E-state index in [1.807, 2.05) is 6.07 Å². The smallest absolute Gasteiger partial charge is 0.161 e. The van der Waals surface area contributed by atoms with Crippen LogP contribution in [0.25, 0.3) is 0 Å². The van der Waals surface area contributed by atoms with Crippen LogP contribution in [-0.4, -0.2) is 24.9 Å². The minimum atomic E-state index is -0.0279. The third-order valence-corrected chi connectivity index (χ3v) is 4.07. The van der Waals surface area contributed by atoms with Gasteiger partial charge >= 0.3 is 0 Å². The van der Waals surface area contributed by atoms with E-state index in [1.165, 1.54) is 17.5 Å². The first-order chi connectivity index (χ1) is 8.25. The molecule has 92 valence electrons. The van der Waals surface area contributed by atoms with Crippen LogP contribution in [-0.2, 0) is 5.41 Å². The average molecular weight is 234 g/mol. The van der Waals surface area contributed by atoms with Crippen LogP contribution in [0.15, 0.2) is 12.1 Å². The van der Waals surface area contributed by atoms with Gasteiger partial charge in [0, 0.05) is 5.41 Å². The molecular formula is C14H18O3. The SMILES string of the molecule is Cc1cc2c(cc1C1(CO)CCC1)OCCO2. The van der Waals surface area contributed by atoms with Crippen LogP contribution in [0.4, 0.5) is 0 Å². The maximum Gasteiger partial charge on any atom is 0.161 e. The van der Waals surface area contributed by atoms with Crippen LogP contribution < -0.4 is 9.47 Å². The third kappa shape index (κ3) is 1.61. The number of rotatable bonds is 2. The van der Waals surface area contributed by atoms with Crippen LogP contribution >= 0.6 is 0 Å². The summed E-state index contributed by atoms with van der Waals surface area (Å²) < 4.78 is 11.2. The Morgan fingerprint density at radius 3 is 2.35 bits per heavy atom. The van der Waals surface area contributed by atoms with E-state index in [-0.39, 0.29) is 12.0 Å². The molecule has 0 aromatic heterocycles. The second kappa shape index (κ2) is 3.91. The molecule has 0 atom stereocenters. The van der Waals surface area contributed by atoms with Crippen molar-refractivity contribution in [2.24, 2.45) is 0 Å². The summed E-state index contributed by atoms with van der Waals surface area (Å²) in [4.78, 5) is 0. The van der Waals surface area contributed by atoms with Crippen molar-refractivity contribution in [3.05, 3.63) is 23.3 Å². The Hall–Kier alpha value is -1.22. The topological polar surface area (TPSA) is 38.7 Å². The van der Waals surface area contributed by atoms with Gasteiger partial charge in [-0.25, -0.2) is 0 Å². The third-order valence-electron chi connectivity index (χ3n) is 4.07. The molecular weight excluding hydrogens is 216 g/mol. The van der Waals surface area contributed by atoms with Crippen molar-refractivity contribution in [2.45, 2.75) is 31.6 Å². The molecule has 0 spiro atoms. The van der Waals surface area contributed by atoms with Gasteiger partial charge in [-0.15, -0.1) is 0 Å². The van der Waals surface area contributed by atoms with Gasteiger partial charge in [0.2, 0.25) is 0 Å². The van der Waals surface area contributed by atoms with Crippen LogP contribution in [0.5, 0.6) is 11.5 Å². The molecule has 1 aromatic carbocycles. The fourth-order valence-corrected chi connectivity index (χ4v) is 2.88. The molecule has 2 aliphatic rings. The van der Waals surface area contributed by atoms with E-state index in [0.29, 0.717) is 13.2 Å². The van der Waals surface area contributed by atoms with Crippen molar-refractivity contribution in [2.75, 3.05) is 19.8 Å². The van der Waals surface area contributed by atoms with E-state index in [9.17, 15) is 5.11 Å². The van der Waals surface area contributed by atoms with E-state index in [0.717, 1.165) is 24.3 Å².